The Morgan fingerprint density at radius 1 is 0.941 bits per heavy atom. The Balaban J connectivity index is 2.38. The second kappa shape index (κ2) is 3.73. The van der Waals surface area contributed by atoms with E-state index in [1.54, 1.807) is 0 Å². The monoisotopic (exact) mass is 221 g/mol. The van der Waals surface area contributed by atoms with E-state index in [4.69, 9.17) is 0 Å². The fourth-order valence-corrected chi connectivity index (χ4v) is 3.35. The summed E-state index contributed by atoms with van der Waals surface area (Å²) in [6.07, 6.45) is 2.32. The molecule has 2 aromatic rings. The van der Waals surface area contributed by atoms with Crippen LogP contribution >= 0.6 is 0 Å². The van der Waals surface area contributed by atoms with Crippen molar-refractivity contribution in [3.8, 4) is 11.1 Å². The molecule has 1 radical (unpaired) electrons. The van der Waals surface area contributed by atoms with Crippen LogP contribution in [0.5, 0.6) is 0 Å². The molecule has 85 valence electrons. The number of rotatable bonds is 2. The average molecular weight is 221 g/mol. The molecular weight excluding hydrogens is 204 g/mol. The second-order valence-corrected chi connectivity index (χ2v) is 4.81. The summed E-state index contributed by atoms with van der Waals surface area (Å²) in [5, 5.41) is 0. The van der Waals surface area contributed by atoms with Gasteiger partial charge in [0.15, 0.2) is 0 Å². The third-order valence-corrected chi connectivity index (χ3v) is 4.32. The zero-order chi connectivity index (χ0) is 11.9. The van der Waals surface area contributed by atoms with Gasteiger partial charge in [0.25, 0.3) is 0 Å². The summed E-state index contributed by atoms with van der Waals surface area (Å²) < 4.78 is 0. The molecule has 0 heterocycles. The van der Waals surface area contributed by atoms with Crippen LogP contribution in [0.15, 0.2) is 42.5 Å². The van der Waals surface area contributed by atoms with Crippen LogP contribution in [-0.2, 0) is 5.41 Å². The van der Waals surface area contributed by atoms with Crippen LogP contribution in [0.1, 0.15) is 37.8 Å². The minimum Gasteiger partial charge on any atom is -0.0642 e. The number of hydrogen-bond donors (Lipinski definition) is 0. The molecule has 0 heteroatoms. The molecule has 1 aliphatic carbocycles. The zero-order valence-electron chi connectivity index (χ0n) is 10.5. The Labute approximate surface area is 103 Å². The molecular formula is C17H17. The highest BCUT2D eigenvalue weighted by molar-refractivity contribution is 5.80. The molecule has 0 spiro atoms. The highest BCUT2D eigenvalue weighted by Gasteiger charge is 2.39. The van der Waals surface area contributed by atoms with E-state index in [2.05, 4.69) is 56.3 Å². The molecule has 0 unspecified atom stereocenters. The normalized spacial score (nSPS) is 15.4. The van der Waals surface area contributed by atoms with Gasteiger partial charge in [0, 0.05) is 5.41 Å². The Morgan fingerprint density at radius 3 is 2.41 bits per heavy atom. The van der Waals surface area contributed by atoms with Crippen LogP contribution in [0, 0.1) is 6.07 Å². The third kappa shape index (κ3) is 1.24. The van der Waals surface area contributed by atoms with E-state index in [-0.39, 0.29) is 5.41 Å². The van der Waals surface area contributed by atoms with Crippen molar-refractivity contribution in [3.05, 3.63) is 59.7 Å². The van der Waals surface area contributed by atoms with Crippen molar-refractivity contribution in [2.24, 2.45) is 0 Å². The molecule has 0 N–H and O–H groups in total. The Bertz CT molecular complexity index is 500. The molecule has 0 saturated heterocycles. The quantitative estimate of drug-likeness (QED) is 0.696. The van der Waals surface area contributed by atoms with Crippen LogP contribution in [-0.4, -0.2) is 0 Å². The van der Waals surface area contributed by atoms with E-state index < -0.39 is 0 Å². The smallest absolute Gasteiger partial charge is 0.0210 e. The molecule has 0 fully saturated rings. The summed E-state index contributed by atoms with van der Waals surface area (Å²) in [5.74, 6) is 0. The van der Waals surface area contributed by atoms with E-state index in [0.29, 0.717) is 0 Å². The van der Waals surface area contributed by atoms with Crippen LogP contribution < -0.4 is 0 Å². The lowest BCUT2D eigenvalue weighted by molar-refractivity contribution is 0.490. The highest BCUT2D eigenvalue weighted by atomic mass is 14.4. The molecule has 1 aliphatic rings. The van der Waals surface area contributed by atoms with Crippen LogP contribution in [0.2, 0.25) is 0 Å². The largest absolute Gasteiger partial charge is 0.0642 e. The van der Waals surface area contributed by atoms with Crippen molar-refractivity contribution in [3.63, 3.8) is 0 Å². The molecule has 0 aliphatic heterocycles. The first kappa shape index (κ1) is 10.6. The fourth-order valence-electron chi connectivity index (χ4n) is 3.35. The minimum absolute atomic E-state index is 0.212. The lowest BCUT2D eigenvalue weighted by atomic mass is 9.74. The van der Waals surface area contributed by atoms with E-state index in [9.17, 15) is 0 Å². The van der Waals surface area contributed by atoms with Gasteiger partial charge in [-0.1, -0.05) is 50.2 Å². The number of benzene rings is 2. The van der Waals surface area contributed by atoms with Gasteiger partial charge in [-0.05, 0) is 47.2 Å². The van der Waals surface area contributed by atoms with E-state index in [0.717, 1.165) is 12.8 Å². The maximum atomic E-state index is 3.25. The molecule has 0 amide bonds. The predicted octanol–water partition coefficient (Wildman–Crippen LogP) is 4.57. The Hall–Kier alpha value is -1.56. The molecule has 17 heavy (non-hydrogen) atoms. The molecule has 0 aromatic heterocycles. The van der Waals surface area contributed by atoms with E-state index in [1.165, 1.54) is 22.3 Å². The van der Waals surface area contributed by atoms with Crippen LogP contribution in [0.3, 0.4) is 0 Å². The van der Waals surface area contributed by atoms with Crippen molar-refractivity contribution < 1.29 is 0 Å². The summed E-state index contributed by atoms with van der Waals surface area (Å²) in [7, 11) is 0. The first-order valence-corrected chi connectivity index (χ1v) is 6.44. The second-order valence-electron chi connectivity index (χ2n) is 4.81. The molecule has 0 nitrogen and oxygen atoms in total. The fraction of sp³-hybridized carbons (Fsp3) is 0.294. The van der Waals surface area contributed by atoms with E-state index >= 15 is 0 Å². The zero-order valence-corrected chi connectivity index (χ0v) is 10.5. The Morgan fingerprint density at radius 2 is 1.65 bits per heavy atom. The van der Waals surface area contributed by atoms with Gasteiger partial charge in [-0.15, -0.1) is 0 Å². The number of hydrogen-bond acceptors (Lipinski definition) is 0. The van der Waals surface area contributed by atoms with Gasteiger partial charge >= 0.3 is 0 Å². The van der Waals surface area contributed by atoms with Crippen LogP contribution in [0.4, 0.5) is 0 Å². The SMILES string of the molecule is CCC1(CC)c2c[c]ccc2-c2ccccc21. The first-order chi connectivity index (χ1) is 8.33. The van der Waals surface area contributed by atoms with Gasteiger partial charge < -0.3 is 0 Å². The summed E-state index contributed by atoms with van der Waals surface area (Å²) in [6.45, 7) is 4.59. The topological polar surface area (TPSA) is 0 Å². The third-order valence-electron chi connectivity index (χ3n) is 4.32. The van der Waals surface area contributed by atoms with Gasteiger partial charge in [0.2, 0.25) is 0 Å². The van der Waals surface area contributed by atoms with Crippen molar-refractivity contribution in [2.75, 3.05) is 0 Å². The molecule has 3 rings (SSSR count). The molecule has 0 atom stereocenters. The van der Waals surface area contributed by atoms with E-state index in [1.807, 2.05) is 6.07 Å². The molecule has 0 saturated carbocycles. The van der Waals surface area contributed by atoms with Gasteiger partial charge in [0.05, 0.1) is 0 Å². The highest BCUT2D eigenvalue weighted by Crippen LogP contribution is 2.52. The van der Waals surface area contributed by atoms with Gasteiger partial charge in [-0.25, -0.2) is 0 Å². The number of fused-ring (bicyclic) bond motifs is 3. The van der Waals surface area contributed by atoms with Gasteiger partial charge in [0.1, 0.15) is 0 Å². The maximum absolute atomic E-state index is 3.25. The molecule has 0 bridgehead atoms. The standard InChI is InChI=1S/C17H17/c1-3-17(4-2)15-11-7-5-9-13(15)14-10-6-8-12-16(14)17/h5-7,9-12H,3-4H2,1-2H3. The van der Waals surface area contributed by atoms with Gasteiger partial charge in [-0.3, -0.25) is 0 Å². The predicted molar refractivity (Wildman–Crippen MR) is 72.1 cm³/mol. The minimum atomic E-state index is 0.212. The maximum Gasteiger partial charge on any atom is 0.0210 e. The molecule has 2 aromatic carbocycles. The van der Waals surface area contributed by atoms with Crippen LogP contribution in [0.25, 0.3) is 11.1 Å². The average Bonchev–Trinajstić information content (AvgIpc) is 2.70. The van der Waals surface area contributed by atoms with Crippen molar-refractivity contribution >= 4 is 0 Å². The first-order valence-electron chi connectivity index (χ1n) is 6.44. The summed E-state index contributed by atoms with van der Waals surface area (Å²) >= 11 is 0. The van der Waals surface area contributed by atoms with Crippen molar-refractivity contribution in [1.29, 1.82) is 0 Å². The lowest BCUT2D eigenvalue weighted by Gasteiger charge is -2.29. The summed E-state index contributed by atoms with van der Waals surface area (Å²) in [4.78, 5) is 0. The van der Waals surface area contributed by atoms with Crippen molar-refractivity contribution in [1.82, 2.24) is 0 Å². The summed E-state index contributed by atoms with van der Waals surface area (Å²) in [5.41, 5.74) is 6.00. The van der Waals surface area contributed by atoms with Crippen molar-refractivity contribution in [2.45, 2.75) is 32.1 Å². The Kier molecular flexibility index (Phi) is 2.32. The summed E-state index contributed by atoms with van der Waals surface area (Å²) in [6, 6.07) is 18.5. The van der Waals surface area contributed by atoms with Gasteiger partial charge in [-0.2, -0.15) is 0 Å². The lowest BCUT2D eigenvalue weighted by Crippen LogP contribution is -2.22.